The van der Waals surface area contributed by atoms with Crippen LogP contribution in [0.1, 0.15) is 31.0 Å². The number of nitrogens with zero attached hydrogens (tertiary/aromatic N) is 2. The van der Waals surface area contributed by atoms with Gasteiger partial charge in [0.05, 0.1) is 18.0 Å². The number of hydrogen-bond donors (Lipinski definition) is 2. The molecule has 0 fully saturated rings. The van der Waals surface area contributed by atoms with E-state index in [-0.39, 0.29) is 0 Å². The molecular weight excluding hydrogens is 303 g/mol. The Morgan fingerprint density at radius 1 is 1.17 bits per heavy atom. The maximum absolute atomic E-state index is 9.22. The molecule has 0 saturated carbocycles. The maximum atomic E-state index is 9.22. The fraction of sp³-hybridized carbons (Fsp3) is 0.278. The molecule has 5 nitrogen and oxygen atoms in total. The second-order valence-electron chi connectivity index (χ2n) is 6.18. The largest absolute Gasteiger partial charge is 0.488 e. The predicted octanol–water partition coefficient (Wildman–Crippen LogP) is 1.90. The molecule has 2 N–H and O–H groups in total. The molecule has 1 aromatic carbocycles. The molecule has 0 saturated heterocycles. The van der Waals surface area contributed by atoms with E-state index in [0.717, 1.165) is 16.5 Å². The minimum absolute atomic E-state index is 0.362. The van der Waals surface area contributed by atoms with E-state index in [1.807, 2.05) is 18.2 Å². The summed E-state index contributed by atoms with van der Waals surface area (Å²) in [6.07, 6.45) is 1.76. The number of aromatic nitrogens is 2. The van der Waals surface area contributed by atoms with Crippen LogP contribution in [0.25, 0.3) is 10.9 Å². The summed E-state index contributed by atoms with van der Waals surface area (Å²) >= 11 is 0. The van der Waals surface area contributed by atoms with Crippen molar-refractivity contribution in [1.82, 2.24) is 9.55 Å². The van der Waals surface area contributed by atoms with Crippen molar-refractivity contribution < 1.29 is 14.8 Å². The minimum Gasteiger partial charge on any atom is -0.481 e. The highest BCUT2D eigenvalue weighted by molar-refractivity contribution is 6.58. The third kappa shape index (κ3) is 3.03. The maximum Gasteiger partial charge on any atom is 0.488 e. The quantitative estimate of drug-likeness (QED) is 0.704. The first kappa shape index (κ1) is 16.5. The topological polar surface area (TPSA) is 67.5 Å². The Balaban J connectivity index is 2.05. The van der Waals surface area contributed by atoms with E-state index in [0.29, 0.717) is 23.8 Å². The van der Waals surface area contributed by atoms with Crippen molar-refractivity contribution in [2.75, 3.05) is 7.11 Å². The van der Waals surface area contributed by atoms with Gasteiger partial charge in [-0.25, -0.2) is 4.98 Å². The van der Waals surface area contributed by atoms with Crippen LogP contribution in [0.15, 0.2) is 42.6 Å². The highest BCUT2D eigenvalue weighted by Gasteiger charge is 2.16. The van der Waals surface area contributed by atoms with Gasteiger partial charge in [-0.3, -0.25) is 0 Å². The number of pyridine rings is 1. The number of fused-ring (bicyclic) bond motifs is 1. The molecule has 0 aliphatic rings. The van der Waals surface area contributed by atoms with Gasteiger partial charge in [0.25, 0.3) is 0 Å². The van der Waals surface area contributed by atoms with E-state index in [9.17, 15) is 10.0 Å². The minimum atomic E-state index is -1.44. The molecule has 0 bridgehead atoms. The van der Waals surface area contributed by atoms with Crippen LogP contribution in [0.2, 0.25) is 0 Å². The first-order chi connectivity index (χ1) is 11.5. The zero-order chi connectivity index (χ0) is 17.3. The van der Waals surface area contributed by atoms with Crippen molar-refractivity contribution in [3.63, 3.8) is 0 Å². The van der Waals surface area contributed by atoms with Crippen molar-refractivity contribution in [3.8, 4) is 5.88 Å². The van der Waals surface area contributed by atoms with E-state index >= 15 is 0 Å². The van der Waals surface area contributed by atoms with E-state index in [1.165, 1.54) is 5.69 Å². The average Bonchev–Trinajstić information content (AvgIpc) is 2.94. The van der Waals surface area contributed by atoms with Gasteiger partial charge in [0.1, 0.15) is 0 Å². The monoisotopic (exact) mass is 324 g/mol. The van der Waals surface area contributed by atoms with Crippen molar-refractivity contribution >= 4 is 23.5 Å². The standard InChI is InChI=1S/C18H21BN2O3/c1-12(2)17-10-15-16(8-9-20-18(15)24-3)21(17)11-13-4-6-14(7-5-13)19(22)23/h4-10,12,22-23H,11H2,1-3H3. The van der Waals surface area contributed by atoms with Gasteiger partial charge in [-0.15, -0.1) is 0 Å². The molecule has 0 unspecified atom stereocenters. The fourth-order valence-corrected chi connectivity index (χ4v) is 2.98. The first-order valence-corrected chi connectivity index (χ1v) is 7.98. The summed E-state index contributed by atoms with van der Waals surface area (Å²) in [6.45, 7) is 5.03. The van der Waals surface area contributed by atoms with Gasteiger partial charge in [-0.1, -0.05) is 38.1 Å². The lowest BCUT2D eigenvalue weighted by atomic mass is 9.80. The number of hydrogen-bond acceptors (Lipinski definition) is 4. The second-order valence-corrected chi connectivity index (χ2v) is 6.18. The summed E-state index contributed by atoms with van der Waals surface area (Å²) in [4.78, 5) is 4.29. The van der Waals surface area contributed by atoms with Crippen LogP contribution in [0.4, 0.5) is 0 Å². The molecule has 3 aromatic rings. The van der Waals surface area contributed by atoms with Crippen LogP contribution in [-0.4, -0.2) is 33.8 Å². The Labute approximate surface area is 141 Å². The lowest BCUT2D eigenvalue weighted by Crippen LogP contribution is -2.29. The molecule has 6 heteroatoms. The summed E-state index contributed by atoms with van der Waals surface area (Å²) in [5, 5.41) is 19.4. The molecule has 3 rings (SSSR count). The number of rotatable bonds is 5. The zero-order valence-electron chi connectivity index (χ0n) is 14.1. The zero-order valence-corrected chi connectivity index (χ0v) is 14.1. The fourth-order valence-electron chi connectivity index (χ4n) is 2.98. The smallest absolute Gasteiger partial charge is 0.481 e. The Hall–Kier alpha value is -2.31. The van der Waals surface area contributed by atoms with Gasteiger partial charge in [-0.2, -0.15) is 0 Å². The number of methoxy groups -OCH3 is 1. The lowest BCUT2D eigenvalue weighted by molar-refractivity contribution is 0.403. The van der Waals surface area contributed by atoms with Crippen molar-refractivity contribution in [3.05, 3.63) is 53.9 Å². The molecule has 0 atom stereocenters. The van der Waals surface area contributed by atoms with Crippen LogP contribution >= 0.6 is 0 Å². The van der Waals surface area contributed by atoms with Gasteiger partial charge in [0.2, 0.25) is 5.88 Å². The van der Waals surface area contributed by atoms with Gasteiger partial charge in [0, 0.05) is 18.4 Å². The second kappa shape index (κ2) is 6.67. The predicted molar refractivity (Wildman–Crippen MR) is 95.7 cm³/mol. The van der Waals surface area contributed by atoms with Crippen LogP contribution in [-0.2, 0) is 6.54 Å². The Morgan fingerprint density at radius 2 is 1.88 bits per heavy atom. The van der Waals surface area contributed by atoms with Gasteiger partial charge < -0.3 is 19.4 Å². The lowest BCUT2D eigenvalue weighted by Gasteiger charge is -2.14. The van der Waals surface area contributed by atoms with Crippen LogP contribution in [0.5, 0.6) is 5.88 Å². The van der Waals surface area contributed by atoms with E-state index in [1.54, 1.807) is 25.4 Å². The van der Waals surface area contributed by atoms with Crippen molar-refractivity contribution in [2.45, 2.75) is 26.3 Å². The molecule has 124 valence electrons. The number of ether oxygens (including phenoxy) is 1. The number of benzene rings is 1. The Kier molecular flexibility index (Phi) is 4.60. The summed E-state index contributed by atoms with van der Waals surface area (Å²) in [5.41, 5.74) is 3.88. The van der Waals surface area contributed by atoms with Crippen LogP contribution < -0.4 is 10.2 Å². The molecule has 0 radical (unpaired) electrons. The van der Waals surface area contributed by atoms with Crippen LogP contribution in [0, 0.1) is 0 Å². The van der Waals surface area contributed by atoms with Crippen LogP contribution in [0.3, 0.4) is 0 Å². The normalized spacial score (nSPS) is 11.2. The molecule has 24 heavy (non-hydrogen) atoms. The van der Waals surface area contributed by atoms with E-state index in [4.69, 9.17) is 4.74 Å². The summed E-state index contributed by atoms with van der Waals surface area (Å²) in [6, 6.07) is 11.4. The Bertz CT molecular complexity index is 841. The highest BCUT2D eigenvalue weighted by atomic mass is 16.5. The van der Waals surface area contributed by atoms with Crippen molar-refractivity contribution in [2.24, 2.45) is 0 Å². The van der Waals surface area contributed by atoms with E-state index in [2.05, 4.69) is 29.5 Å². The SMILES string of the molecule is COc1nccc2c1cc(C(C)C)n2Cc1ccc(B(O)O)cc1. The average molecular weight is 324 g/mol. The molecule has 0 aliphatic carbocycles. The molecule has 0 aliphatic heterocycles. The van der Waals surface area contributed by atoms with Gasteiger partial charge >= 0.3 is 7.12 Å². The van der Waals surface area contributed by atoms with Gasteiger partial charge in [0.15, 0.2) is 0 Å². The third-order valence-corrected chi connectivity index (χ3v) is 4.23. The molecule has 2 aromatic heterocycles. The first-order valence-electron chi connectivity index (χ1n) is 7.98. The molecule has 0 spiro atoms. The molecular formula is C18H21BN2O3. The molecule has 2 heterocycles. The summed E-state index contributed by atoms with van der Waals surface area (Å²) in [7, 11) is 0.195. The van der Waals surface area contributed by atoms with Crippen molar-refractivity contribution in [1.29, 1.82) is 0 Å². The third-order valence-electron chi connectivity index (χ3n) is 4.23. The summed E-state index contributed by atoms with van der Waals surface area (Å²) < 4.78 is 7.65. The summed E-state index contributed by atoms with van der Waals surface area (Å²) in [5.74, 6) is 0.993. The van der Waals surface area contributed by atoms with E-state index < -0.39 is 7.12 Å². The Morgan fingerprint density at radius 3 is 2.46 bits per heavy atom. The van der Waals surface area contributed by atoms with Gasteiger partial charge in [-0.05, 0) is 29.1 Å². The highest BCUT2D eigenvalue weighted by Crippen LogP contribution is 2.30. The molecule has 0 amide bonds.